The summed E-state index contributed by atoms with van der Waals surface area (Å²) in [6.45, 7) is 0.836. The third-order valence-electron chi connectivity index (χ3n) is 5.61. The molecule has 120 valence electrons. The van der Waals surface area contributed by atoms with Crippen molar-refractivity contribution in [1.29, 1.82) is 0 Å². The van der Waals surface area contributed by atoms with E-state index in [0.717, 1.165) is 30.4 Å². The van der Waals surface area contributed by atoms with E-state index in [-0.39, 0.29) is 17.6 Å². The molecule has 1 amide bonds. The van der Waals surface area contributed by atoms with Crippen molar-refractivity contribution in [3.63, 3.8) is 0 Å². The number of fused-ring (bicyclic) bond motifs is 2. The number of piperidine rings is 1. The summed E-state index contributed by atoms with van der Waals surface area (Å²) in [5.74, 6) is -0.641. The third kappa shape index (κ3) is 2.18. The number of aryl methyl sites for hydroxylation is 1. The van der Waals surface area contributed by atoms with Gasteiger partial charge >= 0.3 is 5.97 Å². The van der Waals surface area contributed by atoms with Crippen LogP contribution in [0.5, 0.6) is 0 Å². The number of carbonyl (C=O) groups excluding carboxylic acids is 2. The van der Waals surface area contributed by atoms with Crippen molar-refractivity contribution < 1.29 is 19.5 Å². The first-order valence-corrected chi connectivity index (χ1v) is 8.20. The Labute approximate surface area is 134 Å². The van der Waals surface area contributed by atoms with Gasteiger partial charge < -0.3 is 10.0 Å². The van der Waals surface area contributed by atoms with Crippen LogP contribution in [-0.4, -0.2) is 40.8 Å². The van der Waals surface area contributed by atoms with Crippen molar-refractivity contribution in [2.24, 2.45) is 11.3 Å². The summed E-state index contributed by atoms with van der Waals surface area (Å²) in [6.07, 6.45) is 3.94. The van der Waals surface area contributed by atoms with E-state index < -0.39 is 11.4 Å². The summed E-state index contributed by atoms with van der Waals surface area (Å²) in [5, 5.41) is 9.33. The molecule has 5 heteroatoms. The number of carboxylic acid groups (broad SMARTS) is 1. The lowest BCUT2D eigenvalue weighted by Crippen LogP contribution is -2.34. The van der Waals surface area contributed by atoms with Gasteiger partial charge in [0.15, 0.2) is 5.78 Å². The van der Waals surface area contributed by atoms with Gasteiger partial charge in [0.05, 0.1) is 5.41 Å². The van der Waals surface area contributed by atoms with Crippen LogP contribution in [0.15, 0.2) is 18.2 Å². The average Bonchev–Trinajstić information content (AvgIpc) is 3.17. The van der Waals surface area contributed by atoms with E-state index in [0.29, 0.717) is 31.5 Å². The van der Waals surface area contributed by atoms with E-state index in [2.05, 4.69) is 0 Å². The number of hydrogen-bond donors (Lipinski definition) is 1. The van der Waals surface area contributed by atoms with Gasteiger partial charge in [0.2, 0.25) is 0 Å². The van der Waals surface area contributed by atoms with Crippen LogP contribution in [0, 0.1) is 11.3 Å². The summed E-state index contributed by atoms with van der Waals surface area (Å²) in [6, 6.07) is 5.31. The molecule has 1 N–H and O–H groups in total. The summed E-state index contributed by atoms with van der Waals surface area (Å²) in [7, 11) is 0. The molecule has 0 bridgehead atoms. The highest BCUT2D eigenvalue weighted by Crippen LogP contribution is 2.58. The fraction of sp³-hybridized carbons (Fsp3) is 0.500. The number of ketones is 1. The van der Waals surface area contributed by atoms with Crippen LogP contribution in [0.2, 0.25) is 0 Å². The zero-order chi connectivity index (χ0) is 16.2. The number of carbonyl (C=O) groups is 3. The standard InChI is InChI=1S/C18H19NO4/c20-15-4-2-1-3-11-7-12(5-6-14(11)15)16(21)19-9-13-8-18(13,10-19)17(22)23/h5-7,13H,1-4,8-10H2,(H,22,23)/t13-,18-/m1/s1. The van der Waals surface area contributed by atoms with Gasteiger partial charge in [0.1, 0.15) is 0 Å². The Kier molecular flexibility index (Phi) is 3.08. The van der Waals surface area contributed by atoms with Gasteiger partial charge in [-0.3, -0.25) is 14.4 Å². The Bertz CT molecular complexity index is 726. The van der Waals surface area contributed by atoms with Crippen LogP contribution >= 0.6 is 0 Å². The average molecular weight is 313 g/mol. The first-order valence-electron chi connectivity index (χ1n) is 8.20. The molecule has 1 heterocycles. The largest absolute Gasteiger partial charge is 0.481 e. The van der Waals surface area contributed by atoms with Gasteiger partial charge in [-0.1, -0.05) is 6.07 Å². The number of benzene rings is 1. The van der Waals surface area contributed by atoms with Crippen molar-refractivity contribution in [2.75, 3.05) is 13.1 Å². The molecule has 2 atom stereocenters. The molecule has 2 aliphatic carbocycles. The molecule has 1 aliphatic heterocycles. The Morgan fingerprint density at radius 1 is 1.22 bits per heavy atom. The van der Waals surface area contributed by atoms with Crippen LogP contribution in [0.25, 0.3) is 0 Å². The van der Waals surface area contributed by atoms with Crippen LogP contribution in [0.1, 0.15) is 52.0 Å². The molecule has 1 saturated carbocycles. The molecule has 0 aromatic heterocycles. The molecule has 1 saturated heterocycles. The molecular weight excluding hydrogens is 294 g/mol. The maximum Gasteiger partial charge on any atom is 0.311 e. The minimum atomic E-state index is -0.787. The molecule has 3 aliphatic rings. The number of carboxylic acids is 1. The van der Waals surface area contributed by atoms with Gasteiger partial charge in [-0.05, 0) is 49.3 Å². The number of likely N-dealkylation sites (tertiary alicyclic amines) is 1. The van der Waals surface area contributed by atoms with Gasteiger partial charge in [-0.2, -0.15) is 0 Å². The predicted molar refractivity (Wildman–Crippen MR) is 82.4 cm³/mol. The summed E-state index contributed by atoms with van der Waals surface area (Å²) < 4.78 is 0. The SMILES string of the molecule is O=C1CCCCc2cc(C(=O)N3C[C@H]4C[C@@]4(C(=O)O)C3)ccc21. The van der Waals surface area contributed by atoms with E-state index in [9.17, 15) is 19.5 Å². The smallest absolute Gasteiger partial charge is 0.311 e. The van der Waals surface area contributed by atoms with Crippen molar-refractivity contribution in [3.8, 4) is 0 Å². The molecule has 1 aromatic rings. The fourth-order valence-electron chi connectivity index (χ4n) is 4.09. The van der Waals surface area contributed by atoms with Gasteiger partial charge in [-0.25, -0.2) is 0 Å². The van der Waals surface area contributed by atoms with Crippen molar-refractivity contribution in [3.05, 3.63) is 34.9 Å². The Hall–Kier alpha value is -2.17. The van der Waals surface area contributed by atoms with Gasteiger partial charge in [-0.15, -0.1) is 0 Å². The van der Waals surface area contributed by atoms with Crippen molar-refractivity contribution in [1.82, 2.24) is 4.90 Å². The molecule has 2 fully saturated rings. The molecule has 0 radical (unpaired) electrons. The summed E-state index contributed by atoms with van der Waals surface area (Å²) in [5.41, 5.74) is 1.57. The molecular formula is C18H19NO4. The number of nitrogens with zero attached hydrogens (tertiary/aromatic N) is 1. The number of amides is 1. The normalized spacial score (nSPS) is 28.8. The van der Waals surface area contributed by atoms with Gasteiger partial charge in [0.25, 0.3) is 5.91 Å². The first kappa shape index (κ1) is 14.4. The quantitative estimate of drug-likeness (QED) is 0.849. The zero-order valence-corrected chi connectivity index (χ0v) is 12.9. The predicted octanol–water partition coefficient (Wildman–Crippen LogP) is 2.14. The lowest BCUT2D eigenvalue weighted by atomic mass is 9.98. The van der Waals surface area contributed by atoms with Crippen LogP contribution in [0.3, 0.4) is 0 Å². The number of aliphatic carboxylic acids is 1. The molecule has 0 spiro atoms. The zero-order valence-electron chi connectivity index (χ0n) is 12.9. The Morgan fingerprint density at radius 3 is 2.74 bits per heavy atom. The van der Waals surface area contributed by atoms with E-state index in [1.54, 1.807) is 17.0 Å². The minimum Gasteiger partial charge on any atom is -0.481 e. The summed E-state index contributed by atoms with van der Waals surface area (Å²) in [4.78, 5) is 37.7. The number of hydrogen-bond acceptors (Lipinski definition) is 3. The van der Waals surface area contributed by atoms with Crippen LogP contribution in [0.4, 0.5) is 0 Å². The third-order valence-corrected chi connectivity index (χ3v) is 5.61. The van der Waals surface area contributed by atoms with Gasteiger partial charge in [0, 0.05) is 30.6 Å². The second-order valence-electron chi connectivity index (χ2n) is 7.05. The maximum atomic E-state index is 12.7. The lowest BCUT2D eigenvalue weighted by Gasteiger charge is -2.20. The van der Waals surface area contributed by atoms with E-state index in [1.807, 2.05) is 6.07 Å². The number of Topliss-reactive ketones (excluding diaryl/α,β-unsaturated/α-hetero) is 1. The Balaban J connectivity index is 1.57. The second-order valence-corrected chi connectivity index (χ2v) is 7.05. The molecule has 1 aromatic carbocycles. The molecule has 5 nitrogen and oxygen atoms in total. The number of rotatable bonds is 2. The van der Waals surface area contributed by atoms with E-state index in [1.165, 1.54) is 0 Å². The lowest BCUT2D eigenvalue weighted by molar-refractivity contribution is -0.143. The monoisotopic (exact) mass is 313 g/mol. The molecule has 23 heavy (non-hydrogen) atoms. The minimum absolute atomic E-state index is 0.103. The van der Waals surface area contributed by atoms with Crippen LogP contribution < -0.4 is 0 Å². The first-order chi connectivity index (χ1) is 11.0. The highest BCUT2D eigenvalue weighted by Gasteiger charge is 2.66. The van der Waals surface area contributed by atoms with Crippen molar-refractivity contribution >= 4 is 17.7 Å². The second kappa shape index (κ2) is 4.91. The Morgan fingerprint density at radius 2 is 2.00 bits per heavy atom. The molecule has 0 unspecified atom stereocenters. The van der Waals surface area contributed by atoms with E-state index in [4.69, 9.17) is 0 Å². The highest BCUT2D eigenvalue weighted by atomic mass is 16.4. The van der Waals surface area contributed by atoms with Crippen LogP contribution in [-0.2, 0) is 11.2 Å². The van der Waals surface area contributed by atoms with E-state index >= 15 is 0 Å². The fourth-order valence-corrected chi connectivity index (χ4v) is 4.09. The highest BCUT2D eigenvalue weighted by molar-refractivity contribution is 6.00. The molecule has 4 rings (SSSR count). The summed E-state index contributed by atoms with van der Waals surface area (Å²) >= 11 is 0. The van der Waals surface area contributed by atoms with Crippen molar-refractivity contribution in [2.45, 2.75) is 32.1 Å². The maximum absolute atomic E-state index is 12.7. The topological polar surface area (TPSA) is 74.7 Å².